The molecule has 0 saturated heterocycles. The first kappa shape index (κ1) is 30.1. The molecule has 206 valence electrons. The van der Waals surface area contributed by atoms with Gasteiger partial charge in [-0.3, -0.25) is 0 Å². The summed E-state index contributed by atoms with van der Waals surface area (Å²) in [6, 6.07) is 46.3. The molecule has 6 rings (SSSR count). The maximum absolute atomic E-state index is 9.14. The molecule has 6 aromatic carbocycles. The van der Waals surface area contributed by atoms with Crippen LogP contribution in [0.4, 0.5) is 0 Å². The molecule has 6 heteroatoms. The maximum atomic E-state index is 9.14. The van der Waals surface area contributed by atoms with E-state index >= 15 is 0 Å². The first-order valence-corrected chi connectivity index (χ1v) is 20.3. The van der Waals surface area contributed by atoms with E-state index in [9.17, 15) is 0 Å². The zero-order chi connectivity index (χ0) is 30.1. The standard InChI is InChI=1S/C38H20N2Se4/c39-25-27-15-19-31(20-16-27)43-35-13-5-9-29-7-3-11-33(37(29)35)41-23-1-2-24-42-34-12-4-8-30-10-6-14-36(38(30)34)44-32-21-17-28(26-40)18-22-32/h3-22H. The monoisotopic (exact) mass is 824 g/mol. The van der Waals surface area contributed by atoms with Crippen LogP contribution in [-0.2, 0) is 0 Å². The number of hydrogen-bond donors (Lipinski definition) is 0. The van der Waals surface area contributed by atoms with Crippen molar-refractivity contribution in [3.63, 3.8) is 0 Å². The Kier molecular flexibility index (Phi) is 10.0. The molecule has 0 unspecified atom stereocenters. The van der Waals surface area contributed by atoms with Crippen molar-refractivity contribution in [2.24, 2.45) is 0 Å². The van der Waals surface area contributed by atoms with E-state index in [1.165, 1.54) is 48.3 Å². The molecule has 0 aromatic heterocycles. The van der Waals surface area contributed by atoms with Crippen molar-refractivity contribution >= 4 is 108 Å². The van der Waals surface area contributed by atoms with E-state index in [0.717, 1.165) is 0 Å². The first-order chi connectivity index (χ1) is 21.7. The molecule has 0 bridgehead atoms. The Balaban J connectivity index is 1.20. The van der Waals surface area contributed by atoms with Gasteiger partial charge in [-0.1, -0.05) is 0 Å². The summed E-state index contributed by atoms with van der Waals surface area (Å²) in [5.41, 5.74) is 1.38. The summed E-state index contributed by atoms with van der Waals surface area (Å²) in [7, 11) is 0. The van der Waals surface area contributed by atoms with Gasteiger partial charge < -0.3 is 0 Å². The van der Waals surface area contributed by atoms with Crippen molar-refractivity contribution < 1.29 is 0 Å². The second kappa shape index (κ2) is 14.7. The molecule has 0 aliphatic carbocycles. The third-order valence-corrected chi connectivity index (χ3v) is 14.3. The average molecular weight is 820 g/mol. The van der Waals surface area contributed by atoms with Crippen LogP contribution in [0.15, 0.2) is 121 Å². The van der Waals surface area contributed by atoms with Crippen molar-refractivity contribution in [3.05, 3.63) is 132 Å². The van der Waals surface area contributed by atoms with Crippen LogP contribution in [0, 0.1) is 44.1 Å². The number of rotatable bonds is 6. The quantitative estimate of drug-likeness (QED) is 0.192. The zero-order valence-electron chi connectivity index (χ0n) is 23.1. The summed E-state index contributed by atoms with van der Waals surface area (Å²) >= 11 is 0.227. The molecule has 0 saturated carbocycles. The summed E-state index contributed by atoms with van der Waals surface area (Å²) < 4.78 is 7.74. The molecule has 44 heavy (non-hydrogen) atoms. The summed E-state index contributed by atoms with van der Waals surface area (Å²) in [5.74, 6) is 6.30. The molecule has 2 nitrogen and oxygen atoms in total. The molecule has 0 N–H and O–H groups in total. The van der Waals surface area contributed by atoms with Crippen LogP contribution in [0.2, 0.25) is 0 Å². The average Bonchev–Trinajstić information content (AvgIpc) is 3.07. The second-order valence-corrected chi connectivity index (χ2v) is 17.6. The minimum atomic E-state index is -0.0196. The summed E-state index contributed by atoms with van der Waals surface area (Å²) in [6.45, 7) is 0. The Labute approximate surface area is 282 Å². The van der Waals surface area contributed by atoms with Crippen molar-refractivity contribution in [1.29, 1.82) is 10.5 Å². The number of hydrogen-bond acceptors (Lipinski definition) is 2. The predicted molar refractivity (Wildman–Crippen MR) is 187 cm³/mol. The van der Waals surface area contributed by atoms with E-state index in [4.69, 9.17) is 10.5 Å². The Morgan fingerprint density at radius 1 is 0.409 bits per heavy atom. The molecule has 0 aliphatic heterocycles. The van der Waals surface area contributed by atoms with Crippen molar-refractivity contribution in [2.45, 2.75) is 0 Å². The zero-order valence-corrected chi connectivity index (χ0v) is 29.9. The number of benzene rings is 6. The first-order valence-electron chi connectivity index (χ1n) is 13.4. The van der Waals surface area contributed by atoms with Crippen molar-refractivity contribution in [2.75, 3.05) is 0 Å². The van der Waals surface area contributed by atoms with E-state index in [1.54, 1.807) is 0 Å². The third kappa shape index (κ3) is 7.21. The summed E-state index contributed by atoms with van der Waals surface area (Å²) in [6.07, 6.45) is 0. The van der Waals surface area contributed by atoms with E-state index in [0.29, 0.717) is 11.1 Å². The fraction of sp³-hybridized carbons (Fsp3) is 0. The van der Waals surface area contributed by atoms with Gasteiger partial charge in [-0.15, -0.1) is 0 Å². The fourth-order valence-electron chi connectivity index (χ4n) is 4.55. The number of fused-ring (bicyclic) bond motifs is 2. The van der Waals surface area contributed by atoms with Crippen LogP contribution in [0.3, 0.4) is 0 Å². The van der Waals surface area contributed by atoms with Gasteiger partial charge in [-0.05, 0) is 0 Å². The summed E-state index contributed by atoms with van der Waals surface area (Å²) in [5, 5.41) is 23.4. The molecule has 0 fully saturated rings. The van der Waals surface area contributed by atoms with Gasteiger partial charge in [0.2, 0.25) is 0 Å². The van der Waals surface area contributed by atoms with Gasteiger partial charge in [0, 0.05) is 0 Å². The molecule has 0 amide bonds. The normalized spacial score (nSPS) is 10.2. The fourth-order valence-corrected chi connectivity index (χ4v) is 12.3. The summed E-state index contributed by atoms with van der Waals surface area (Å²) in [4.78, 5) is 6.75. The van der Waals surface area contributed by atoms with Crippen LogP contribution in [-0.4, -0.2) is 59.8 Å². The third-order valence-electron chi connectivity index (χ3n) is 6.57. The SMILES string of the molecule is N#Cc1ccc([Se]c2cccc3cccc([Se]C#CC#C[Se]c4cccc5cccc([Se]c6ccc(C#N)cc6)c45)c23)cc1. The molecule has 6 aromatic rings. The van der Waals surface area contributed by atoms with Gasteiger partial charge in [-0.25, -0.2) is 0 Å². The Morgan fingerprint density at radius 3 is 1.14 bits per heavy atom. The Bertz CT molecular complexity index is 2030. The van der Waals surface area contributed by atoms with Crippen LogP contribution >= 0.6 is 0 Å². The molecule has 0 heterocycles. The number of nitriles is 2. The van der Waals surface area contributed by atoms with E-state index < -0.39 is 0 Å². The molecule has 0 radical (unpaired) electrons. The van der Waals surface area contributed by atoms with E-state index in [2.05, 4.69) is 131 Å². The minimum absolute atomic E-state index is 0.0196. The number of nitrogens with zero attached hydrogens (tertiary/aromatic N) is 2. The van der Waals surface area contributed by atoms with Crippen LogP contribution in [0.1, 0.15) is 11.1 Å². The van der Waals surface area contributed by atoms with Gasteiger partial charge in [0.05, 0.1) is 0 Å². The van der Waals surface area contributed by atoms with Gasteiger partial charge in [0.25, 0.3) is 0 Å². The molecule has 0 atom stereocenters. The van der Waals surface area contributed by atoms with Crippen molar-refractivity contribution in [1.82, 2.24) is 0 Å². The topological polar surface area (TPSA) is 47.6 Å². The molecule has 0 aliphatic rings. The van der Waals surface area contributed by atoms with Gasteiger partial charge in [0.15, 0.2) is 0 Å². The van der Waals surface area contributed by atoms with Crippen LogP contribution < -0.4 is 26.8 Å². The predicted octanol–water partition coefficient (Wildman–Crippen LogP) is 2.33. The van der Waals surface area contributed by atoms with Crippen molar-refractivity contribution in [3.8, 4) is 33.6 Å². The van der Waals surface area contributed by atoms with E-state index in [-0.39, 0.29) is 59.8 Å². The van der Waals surface area contributed by atoms with Gasteiger partial charge in [0.1, 0.15) is 0 Å². The second-order valence-electron chi connectivity index (χ2n) is 9.36. The van der Waals surface area contributed by atoms with E-state index in [1.807, 2.05) is 24.3 Å². The van der Waals surface area contributed by atoms with Crippen LogP contribution in [0.25, 0.3) is 21.5 Å². The molecule has 0 spiro atoms. The van der Waals surface area contributed by atoms with Gasteiger partial charge >= 0.3 is 285 Å². The van der Waals surface area contributed by atoms with Gasteiger partial charge in [-0.2, -0.15) is 0 Å². The van der Waals surface area contributed by atoms with Crippen LogP contribution in [0.5, 0.6) is 0 Å². The molecular weight excluding hydrogens is 800 g/mol. The Morgan fingerprint density at radius 2 is 0.773 bits per heavy atom. The molecular formula is C38H20N2Se4. The Hall–Kier alpha value is -3.98.